The van der Waals surface area contributed by atoms with Gasteiger partial charge in [-0.3, -0.25) is 14.5 Å². The second-order valence-electron chi connectivity index (χ2n) is 7.83. The molecular weight excluding hydrogens is 419 g/mol. The molecule has 2 aromatic carbocycles. The number of carbonyl (C=O) groups excluding carboxylic acids is 2. The summed E-state index contributed by atoms with van der Waals surface area (Å²) in [5, 5.41) is 8.19. The van der Waals surface area contributed by atoms with E-state index in [1.807, 2.05) is 20.8 Å². The fraction of sp³-hybridized carbons (Fsp3) is 0.273. The SMILES string of the molecule is COc1ccc([C@@H](C(=O)NC(C)(C)C)N(C(=O)c2csnn2)c2ccccc2F)cc1. The molecule has 7 nitrogen and oxygen atoms in total. The van der Waals surface area contributed by atoms with Gasteiger partial charge in [-0.25, -0.2) is 4.39 Å². The van der Waals surface area contributed by atoms with Crippen LogP contribution in [0.2, 0.25) is 0 Å². The molecular formula is C22H23FN4O3S. The van der Waals surface area contributed by atoms with Gasteiger partial charge in [0.05, 0.1) is 12.8 Å². The predicted molar refractivity (Wildman–Crippen MR) is 117 cm³/mol. The zero-order valence-electron chi connectivity index (χ0n) is 17.6. The topological polar surface area (TPSA) is 84.4 Å². The summed E-state index contributed by atoms with van der Waals surface area (Å²) in [6.07, 6.45) is 0. The molecule has 162 valence electrons. The van der Waals surface area contributed by atoms with Crippen LogP contribution < -0.4 is 15.0 Å². The van der Waals surface area contributed by atoms with Gasteiger partial charge in [0.1, 0.15) is 17.6 Å². The Balaban J connectivity index is 2.19. The van der Waals surface area contributed by atoms with E-state index in [0.29, 0.717) is 11.3 Å². The molecule has 3 aromatic rings. The number of rotatable bonds is 6. The first-order chi connectivity index (χ1) is 14.7. The minimum atomic E-state index is -1.16. The molecule has 1 atom stereocenters. The number of nitrogens with one attached hydrogen (secondary N) is 1. The average Bonchev–Trinajstić information content (AvgIpc) is 3.26. The summed E-state index contributed by atoms with van der Waals surface area (Å²) < 4.78 is 23.8. The lowest BCUT2D eigenvalue weighted by Crippen LogP contribution is -2.49. The fourth-order valence-electron chi connectivity index (χ4n) is 3.04. The standard InChI is InChI=1S/C22H23FN4O3S/c1-22(2,3)24-20(28)19(14-9-11-15(30-4)12-10-14)27(18-8-6-5-7-16(18)23)21(29)17-13-31-26-25-17/h5-13,19H,1-4H3,(H,24,28)/t19-/m0/s1. The molecule has 0 aliphatic carbocycles. The van der Waals surface area contributed by atoms with Gasteiger partial charge in [-0.1, -0.05) is 28.8 Å². The second-order valence-corrected chi connectivity index (χ2v) is 8.44. The number of benzene rings is 2. The molecule has 0 radical (unpaired) electrons. The number of carbonyl (C=O) groups is 2. The average molecular weight is 443 g/mol. The van der Waals surface area contributed by atoms with Gasteiger partial charge in [-0.15, -0.1) is 5.10 Å². The second kappa shape index (κ2) is 9.22. The van der Waals surface area contributed by atoms with Gasteiger partial charge in [0, 0.05) is 10.9 Å². The normalized spacial score (nSPS) is 12.2. The van der Waals surface area contributed by atoms with Crippen molar-refractivity contribution in [2.75, 3.05) is 12.0 Å². The quantitative estimate of drug-likeness (QED) is 0.624. The number of halogens is 1. The van der Waals surface area contributed by atoms with Crippen LogP contribution in [0.4, 0.5) is 10.1 Å². The van der Waals surface area contributed by atoms with E-state index in [1.54, 1.807) is 30.3 Å². The van der Waals surface area contributed by atoms with Crippen molar-refractivity contribution in [3.63, 3.8) is 0 Å². The van der Waals surface area contributed by atoms with Crippen LogP contribution in [0.25, 0.3) is 0 Å². The maximum atomic E-state index is 14.9. The van der Waals surface area contributed by atoms with Gasteiger partial charge in [0.25, 0.3) is 5.91 Å². The van der Waals surface area contributed by atoms with E-state index in [-0.39, 0.29) is 11.4 Å². The van der Waals surface area contributed by atoms with Crippen molar-refractivity contribution in [3.8, 4) is 5.75 Å². The zero-order valence-corrected chi connectivity index (χ0v) is 18.4. The summed E-state index contributed by atoms with van der Waals surface area (Å²) >= 11 is 0.996. The molecule has 0 spiro atoms. The number of amides is 2. The highest BCUT2D eigenvalue weighted by atomic mass is 32.1. The molecule has 2 amide bonds. The van der Waals surface area contributed by atoms with Crippen LogP contribution in [0.15, 0.2) is 53.9 Å². The molecule has 1 heterocycles. The number of hydrogen-bond donors (Lipinski definition) is 1. The van der Waals surface area contributed by atoms with E-state index in [2.05, 4.69) is 14.9 Å². The first kappa shape index (κ1) is 22.4. The number of anilines is 1. The first-order valence-corrected chi connectivity index (χ1v) is 10.4. The molecule has 1 aromatic heterocycles. The number of aromatic nitrogens is 2. The molecule has 1 N–H and O–H groups in total. The Labute approximate surface area is 184 Å². The maximum Gasteiger partial charge on any atom is 0.280 e. The summed E-state index contributed by atoms with van der Waals surface area (Å²) in [4.78, 5) is 28.0. The summed E-state index contributed by atoms with van der Waals surface area (Å²) in [6.45, 7) is 5.49. The van der Waals surface area contributed by atoms with Crippen molar-refractivity contribution in [2.24, 2.45) is 0 Å². The van der Waals surface area contributed by atoms with Crippen molar-refractivity contribution in [3.05, 3.63) is 71.0 Å². The lowest BCUT2D eigenvalue weighted by atomic mass is 10.00. The lowest BCUT2D eigenvalue weighted by molar-refractivity contribution is -0.123. The Hall–Kier alpha value is -3.33. The smallest absolute Gasteiger partial charge is 0.280 e. The van der Waals surface area contributed by atoms with Crippen molar-refractivity contribution in [1.82, 2.24) is 14.9 Å². The predicted octanol–water partition coefficient (Wildman–Crippen LogP) is 3.99. The Morgan fingerprint density at radius 3 is 2.35 bits per heavy atom. The molecule has 0 aliphatic heterocycles. The third-order valence-electron chi connectivity index (χ3n) is 4.35. The first-order valence-electron chi connectivity index (χ1n) is 9.52. The van der Waals surface area contributed by atoms with Crippen molar-refractivity contribution >= 4 is 29.0 Å². The fourth-order valence-corrected chi connectivity index (χ4v) is 3.47. The highest BCUT2D eigenvalue weighted by molar-refractivity contribution is 7.03. The largest absolute Gasteiger partial charge is 0.497 e. The van der Waals surface area contributed by atoms with Gasteiger partial charge in [-0.05, 0) is 62.1 Å². The summed E-state index contributed by atoms with van der Waals surface area (Å²) in [5.41, 5.74) is -0.100. The molecule has 9 heteroatoms. The van der Waals surface area contributed by atoms with Gasteiger partial charge in [0.2, 0.25) is 5.91 Å². The molecule has 3 rings (SSSR count). The van der Waals surface area contributed by atoms with Crippen LogP contribution in [0.5, 0.6) is 5.75 Å². The zero-order chi connectivity index (χ0) is 22.6. The minimum Gasteiger partial charge on any atom is -0.497 e. The summed E-state index contributed by atoms with van der Waals surface area (Å²) in [5.74, 6) is -1.14. The Morgan fingerprint density at radius 1 is 1.13 bits per heavy atom. The maximum absolute atomic E-state index is 14.9. The van der Waals surface area contributed by atoms with Crippen LogP contribution >= 0.6 is 11.5 Å². The van der Waals surface area contributed by atoms with Gasteiger partial charge < -0.3 is 10.1 Å². The Morgan fingerprint density at radius 2 is 1.81 bits per heavy atom. The molecule has 0 unspecified atom stereocenters. The van der Waals surface area contributed by atoms with E-state index in [9.17, 15) is 14.0 Å². The van der Waals surface area contributed by atoms with Gasteiger partial charge in [0.15, 0.2) is 5.69 Å². The molecule has 0 saturated carbocycles. The summed E-state index contributed by atoms with van der Waals surface area (Å²) in [7, 11) is 1.53. The Bertz CT molecular complexity index is 1050. The number of methoxy groups -OCH3 is 1. The molecule has 0 bridgehead atoms. The van der Waals surface area contributed by atoms with Gasteiger partial charge >= 0.3 is 0 Å². The van der Waals surface area contributed by atoms with E-state index in [0.717, 1.165) is 16.4 Å². The summed E-state index contributed by atoms with van der Waals surface area (Å²) in [6, 6.07) is 11.4. The Kier molecular flexibility index (Phi) is 6.65. The molecule has 0 aliphatic rings. The van der Waals surface area contributed by atoms with Crippen LogP contribution in [-0.2, 0) is 4.79 Å². The van der Waals surface area contributed by atoms with Crippen molar-refractivity contribution in [1.29, 1.82) is 0 Å². The van der Waals surface area contributed by atoms with Crippen LogP contribution in [-0.4, -0.2) is 34.1 Å². The number of para-hydroxylation sites is 1. The highest BCUT2D eigenvalue weighted by Crippen LogP contribution is 2.32. The molecule has 31 heavy (non-hydrogen) atoms. The number of nitrogens with zero attached hydrogens (tertiary/aromatic N) is 3. The number of ether oxygens (including phenoxy) is 1. The van der Waals surface area contributed by atoms with E-state index >= 15 is 0 Å². The number of hydrogen-bond acceptors (Lipinski definition) is 6. The minimum absolute atomic E-state index is 0.0234. The van der Waals surface area contributed by atoms with E-state index in [4.69, 9.17) is 4.74 Å². The van der Waals surface area contributed by atoms with Crippen molar-refractivity contribution in [2.45, 2.75) is 32.4 Å². The van der Waals surface area contributed by atoms with E-state index < -0.39 is 29.2 Å². The van der Waals surface area contributed by atoms with Gasteiger partial charge in [-0.2, -0.15) is 0 Å². The van der Waals surface area contributed by atoms with Crippen molar-refractivity contribution < 1.29 is 18.7 Å². The third kappa shape index (κ3) is 5.24. The molecule has 0 fully saturated rings. The highest BCUT2D eigenvalue weighted by Gasteiger charge is 2.37. The molecule has 0 saturated heterocycles. The van der Waals surface area contributed by atoms with Crippen LogP contribution in [0, 0.1) is 5.82 Å². The third-order valence-corrected chi connectivity index (χ3v) is 4.85. The lowest BCUT2D eigenvalue weighted by Gasteiger charge is -2.33. The van der Waals surface area contributed by atoms with E-state index in [1.165, 1.54) is 30.7 Å². The van der Waals surface area contributed by atoms with Crippen LogP contribution in [0.1, 0.15) is 42.9 Å². The monoisotopic (exact) mass is 442 g/mol. The van der Waals surface area contributed by atoms with Crippen LogP contribution in [0.3, 0.4) is 0 Å².